The standard InChI is InChI=1S/C16H15ClFN3O2/c17-12-5-3-11(4-6-12)15(22)21-7-1-2-14(10-21)23-16-19-8-13(18)9-20-16/h3-6,8-9,14H,1-2,7,10H2. The van der Waals surface area contributed by atoms with Crippen LogP contribution in [0.2, 0.25) is 5.02 Å². The summed E-state index contributed by atoms with van der Waals surface area (Å²) < 4.78 is 18.4. The van der Waals surface area contributed by atoms with Crippen LogP contribution in [0.4, 0.5) is 4.39 Å². The fraction of sp³-hybridized carbons (Fsp3) is 0.312. The number of carbonyl (C=O) groups excluding carboxylic acids is 1. The molecule has 0 saturated carbocycles. The number of aromatic nitrogens is 2. The molecule has 1 fully saturated rings. The number of carbonyl (C=O) groups is 1. The number of rotatable bonds is 3. The summed E-state index contributed by atoms with van der Waals surface area (Å²) in [7, 11) is 0. The van der Waals surface area contributed by atoms with Crippen molar-refractivity contribution in [3.8, 4) is 6.01 Å². The van der Waals surface area contributed by atoms with E-state index >= 15 is 0 Å². The Balaban J connectivity index is 1.64. The van der Waals surface area contributed by atoms with Gasteiger partial charge in [0, 0.05) is 17.1 Å². The highest BCUT2D eigenvalue weighted by Gasteiger charge is 2.26. The number of halogens is 2. The largest absolute Gasteiger partial charge is 0.458 e. The summed E-state index contributed by atoms with van der Waals surface area (Å²) in [6.07, 6.45) is 3.53. The van der Waals surface area contributed by atoms with E-state index in [0.29, 0.717) is 23.7 Å². The highest BCUT2D eigenvalue weighted by molar-refractivity contribution is 6.30. The van der Waals surface area contributed by atoms with Crippen LogP contribution >= 0.6 is 11.6 Å². The molecule has 120 valence electrons. The number of nitrogens with zero attached hydrogens (tertiary/aromatic N) is 3. The monoisotopic (exact) mass is 335 g/mol. The fourth-order valence-corrected chi connectivity index (χ4v) is 2.63. The molecule has 1 atom stereocenters. The Morgan fingerprint density at radius 2 is 1.96 bits per heavy atom. The van der Waals surface area contributed by atoms with E-state index < -0.39 is 5.82 Å². The first kappa shape index (κ1) is 15.7. The van der Waals surface area contributed by atoms with Gasteiger partial charge in [0.1, 0.15) is 6.10 Å². The van der Waals surface area contributed by atoms with Gasteiger partial charge in [0.15, 0.2) is 5.82 Å². The Hall–Kier alpha value is -2.21. The smallest absolute Gasteiger partial charge is 0.316 e. The van der Waals surface area contributed by atoms with Crippen molar-refractivity contribution in [3.63, 3.8) is 0 Å². The van der Waals surface area contributed by atoms with E-state index in [1.807, 2.05) is 0 Å². The second-order valence-corrected chi connectivity index (χ2v) is 5.76. The van der Waals surface area contributed by atoms with Crippen molar-refractivity contribution in [1.82, 2.24) is 14.9 Å². The van der Waals surface area contributed by atoms with Crippen LogP contribution in [0.25, 0.3) is 0 Å². The summed E-state index contributed by atoms with van der Waals surface area (Å²) in [5, 5.41) is 0.592. The Labute approximate surface area is 138 Å². The summed E-state index contributed by atoms with van der Waals surface area (Å²) in [6, 6.07) is 6.92. The molecule has 7 heteroatoms. The molecule has 23 heavy (non-hydrogen) atoms. The quantitative estimate of drug-likeness (QED) is 0.865. The minimum absolute atomic E-state index is 0.0602. The minimum Gasteiger partial charge on any atom is -0.458 e. The third-order valence-corrected chi connectivity index (χ3v) is 3.88. The first-order valence-electron chi connectivity index (χ1n) is 7.31. The van der Waals surface area contributed by atoms with Gasteiger partial charge in [0.05, 0.1) is 18.9 Å². The van der Waals surface area contributed by atoms with Gasteiger partial charge in [-0.05, 0) is 37.1 Å². The van der Waals surface area contributed by atoms with E-state index in [2.05, 4.69) is 9.97 Å². The average molecular weight is 336 g/mol. The normalized spacial score (nSPS) is 17.8. The first-order valence-corrected chi connectivity index (χ1v) is 7.68. The molecule has 1 aromatic carbocycles. The number of ether oxygens (including phenoxy) is 1. The molecule has 1 aliphatic heterocycles. The lowest BCUT2D eigenvalue weighted by Gasteiger charge is -2.32. The summed E-state index contributed by atoms with van der Waals surface area (Å²) in [5.41, 5.74) is 0.591. The highest BCUT2D eigenvalue weighted by atomic mass is 35.5. The maximum Gasteiger partial charge on any atom is 0.316 e. The Kier molecular flexibility index (Phi) is 4.71. The molecule has 1 aromatic heterocycles. The van der Waals surface area contributed by atoms with Gasteiger partial charge < -0.3 is 9.64 Å². The van der Waals surface area contributed by atoms with Crippen molar-refractivity contribution in [3.05, 3.63) is 53.1 Å². The molecule has 0 aliphatic carbocycles. The lowest BCUT2D eigenvalue weighted by Crippen LogP contribution is -2.44. The van der Waals surface area contributed by atoms with Gasteiger partial charge in [0.2, 0.25) is 0 Å². The molecule has 1 unspecified atom stereocenters. The molecule has 0 bridgehead atoms. The summed E-state index contributed by atoms with van der Waals surface area (Å²) in [5.74, 6) is -0.574. The van der Waals surface area contributed by atoms with Gasteiger partial charge >= 0.3 is 6.01 Å². The predicted octanol–water partition coefficient (Wildman–Crippen LogP) is 2.95. The van der Waals surface area contributed by atoms with Crippen LogP contribution in [0.1, 0.15) is 23.2 Å². The van der Waals surface area contributed by atoms with Crippen LogP contribution in [-0.4, -0.2) is 40.0 Å². The molecule has 1 saturated heterocycles. The second-order valence-electron chi connectivity index (χ2n) is 5.32. The van der Waals surface area contributed by atoms with E-state index in [0.717, 1.165) is 25.2 Å². The van der Waals surface area contributed by atoms with Crippen molar-refractivity contribution in [2.24, 2.45) is 0 Å². The molecule has 3 rings (SSSR count). The number of benzene rings is 1. The Morgan fingerprint density at radius 3 is 2.65 bits per heavy atom. The average Bonchev–Trinajstić information content (AvgIpc) is 2.57. The molecule has 0 radical (unpaired) electrons. The zero-order valence-electron chi connectivity index (χ0n) is 12.3. The van der Waals surface area contributed by atoms with E-state index in [1.54, 1.807) is 29.2 Å². The molecule has 1 amide bonds. The van der Waals surface area contributed by atoms with Crippen LogP contribution in [0.5, 0.6) is 6.01 Å². The lowest BCUT2D eigenvalue weighted by atomic mass is 10.1. The van der Waals surface area contributed by atoms with E-state index in [-0.39, 0.29) is 18.0 Å². The van der Waals surface area contributed by atoms with E-state index in [9.17, 15) is 9.18 Å². The topological polar surface area (TPSA) is 55.3 Å². The van der Waals surface area contributed by atoms with Gasteiger partial charge in [-0.15, -0.1) is 0 Å². The zero-order chi connectivity index (χ0) is 16.2. The van der Waals surface area contributed by atoms with Gasteiger partial charge in [0.25, 0.3) is 5.91 Å². The third kappa shape index (κ3) is 3.96. The molecule has 2 aromatic rings. The van der Waals surface area contributed by atoms with E-state index in [4.69, 9.17) is 16.3 Å². The number of amides is 1. The zero-order valence-corrected chi connectivity index (χ0v) is 13.0. The third-order valence-electron chi connectivity index (χ3n) is 3.63. The van der Waals surface area contributed by atoms with Crippen LogP contribution in [-0.2, 0) is 0 Å². The van der Waals surface area contributed by atoms with Crippen molar-refractivity contribution < 1.29 is 13.9 Å². The maximum absolute atomic E-state index is 12.8. The predicted molar refractivity (Wildman–Crippen MR) is 83.0 cm³/mol. The molecule has 1 aliphatic rings. The van der Waals surface area contributed by atoms with Crippen molar-refractivity contribution in [2.75, 3.05) is 13.1 Å². The van der Waals surface area contributed by atoms with Gasteiger partial charge in [-0.25, -0.2) is 14.4 Å². The highest BCUT2D eigenvalue weighted by Crippen LogP contribution is 2.18. The number of piperidine rings is 1. The van der Waals surface area contributed by atoms with Crippen LogP contribution in [0.3, 0.4) is 0 Å². The molecular formula is C16H15ClFN3O2. The number of hydrogen-bond acceptors (Lipinski definition) is 4. The van der Waals surface area contributed by atoms with Crippen molar-refractivity contribution >= 4 is 17.5 Å². The number of likely N-dealkylation sites (tertiary alicyclic amines) is 1. The lowest BCUT2D eigenvalue weighted by molar-refractivity contribution is 0.0515. The fourth-order valence-electron chi connectivity index (χ4n) is 2.50. The van der Waals surface area contributed by atoms with Crippen LogP contribution < -0.4 is 4.74 Å². The molecular weight excluding hydrogens is 321 g/mol. The second kappa shape index (κ2) is 6.91. The van der Waals surface area contributed by atoms with Crippen LogP contribution in [0, 0.1) is 5.82 Å². The first-order chi connectivity index (χ1) is 11.1. The molecule has 0 N–H and O–H groups in total. The Bertz CT molecular complexity index is 679. The van der Waals surface area contributed by atoms with Crippen molar-refractivity contribution in [1.29, 1.82) is 0 Å². The summed E-state index contributed by atoms with van der Waals surface area (Å²) >= 11 is 5.84. The molecule has 5 nitrogen and oxygen atoms in total. The van der Waals surface area contributed by atoms with Crippen molar-refractivity contribution in [2.45, 2.75) is 18.9 Å². The van der Waals surface area contributed by atoms with Gasteiger partial charge in [-0.1, -0.05) is 11.6 Å². The van der Waals surface area contributed by atoms with Gasteiger partial charge in [-0.2, -0.15) is 0 Å². The number of hydrogen-bond donors (Lipinski definition) is 0. The molecule has 2 heterocycles. The minimum atomic E-state index is -0.513. The maximum atomic E-state index is 12.8. The SMILES string of the molecule is O=C(c1ccc(Cl)cc1)N1CCCC(Oc2ncc(F)cn2)C1. The van der Waals surface area contributed by atoms with E-state index in [1.165, 1.54) is 0 Å². The summed E-state index contributed by atoms with van der Waals surface area (Å²) in [6.45, 7) is 1.12. The summed E-state index contributed by atoms with van der Waals surface area (Å²) in [4.78, 5) is 21.8. The van der Waals surface area contributed by atoms with Gasteiger partial charge in [-0.3, -0.25) is 4.79 Å². The van der Waals surface area contributed by atoms with Crippen LogP contribution in [0.15, 0.2) is 36.7 Å². The molecule has 0 spiro atoms. The Morgan fingerprint density at radius 1 is 1.26 bits per heavy atom.